The molecule has 102 valence electrons. The zero-order valence-electron chi connectivity index (χ0n) is 11.1. The van der Waals surface area contributed by atoms with Crippen LogP contribution in [0.4, 0.5) is 0 Å². The van der Waals surface area contributed by atoms with E-state index in [1.54, 1.807) is 11.3 Å². The summed E-state index contributed by atoms with van der Waals surface area (Å²) in [7, 11) is 0. The number of hydrogen-bond donors (Lipinski definition) is 1. The fourth-order valence-electron chi connectivity index (χ4n) is 2.29. The number of rotatable bonds is 3. The van der Waals surface area contributed by atoms with Crippen LogP contribution in [0, 0.1) is 6.92 Å². The van der Waals surface area contributed by atoms with E-state index < -0.39 is 0 Å². The molecule has 0 radical (unpaired) electrons. The first-order valence-electron chi connectivity index (χ1n) is 6.49. The van der Waals surface area contributed by atoms with Crippen molar-refractivity contribution in [2.24, 2.45) is 5.73 Å². The van der Waals surface area contributed by atoms with Crippen LogP contribution in [-0.2, 0) is 6.42 Å². The van der Waals surface area contributed by atoms with Crippen molar-refractivity contribution < 1.29 is 0 Å². The van der Waals surface area contributed by atoms with Gasteiger partial charge in [0.1, 0.15) is 0 Å². The molecule has 0 saturated carbocycles. The number of thiazole rings is 1. The summed E-state index contributed by atoms with van der Waals surface area (Å²) in [6, 6.07) is 14.0. The molecule has 1 heterocycles. The highest BCUT2D eigenvalue weighted by Crippen LogP contribution is 2.26. The number of hydrogen-bond acceptors (Lipinski definition) is 3. The number of nitrogens with two attached hydrogens (primary N) is 1. The number of aromatic nitrogens is 1. The molecule has 1 unspecified atom stereocenters. The molecule has 2 N–H and O–H groups in total. The SMILES string of the molecule is Cc1cc(Cl)cc(C(N)Cc2nc3ccccc3s2)c1. The van der Waals surface area contributed by atoms with E-state index in [9.17, 15) is 0 Å². The van der Waals surface area contributed by atoms with Gasteiger partial charge in [0.2, 0.25) is 0 Å². The fraction of sp³-hybridized carbons (Fsp3) is 0.188. The van der Waals surface area contributed by atoms with Crippen LogP contribution in [0.25, 0.3) is 10.2 Å². The fourth-order valence-corrected chi connectivity index (χ4v) is 3.62. The molecule has 0 saturated heterocycles. The Bertz CT molecular complexity index is 698. The van der Waals surface area contributed by atoms with Gasteiger partial charge >= 0.3 is 0 Å². The molecule has 2 nitrogen and oxygen atoms in total. The Labute approximate surface area is 127 Å². The largest absolute Gasteiger partial charge is 0.324 e. The average molecular weight is 303 g/mol. The van der Waals surface area contributed by atoms with E-state index in [0.717, 1.165) is 33.1 Å². The highest BCUT2D eigenvalue weighted by atomic mass is 35.5. The van der Waals surface area contributed by atoms with Gasteiger partial charge in [-0.15, -0.1) is 11.3 Å². The molecule has 0 aliphatic carbocycles. The number of nitrogens with zero attached hydrogens (tertiary/aromatic N) is 1. The minimum atomic E-state index is -0.0760. The van der Waals surface area contributed by atoms with E-state index in [4.69, 9.17) is 17.3 Å². The first-order chi connectivity index (χ1) is 9.61. The molecule has 2 aromatic carbocycles. The lowest BCUT2D eigenvalue weighted by Gasteiger charge is -2.11. The van der Waals surface area contributed by atoms with Gasteiger partial charge in [-0.2, -0.15) is 0 Å². The van der Waals surface area contributed by atoms with E-state index >= 15 is 0 Å². The Balaban J connectivity index is 1.86. The monoisotopic (exact) mass is 302 g/mol. The molecule has 0 spiro atoms. The molecule has 0 aliphatic heterocycles. The van der Waals surface area contributed by atoms with Gasteiger partial charge in [0.15, 0.2) is 0 Å². The Kier molecular flexibility index (Phi) is 3.74. The molecule has 0 aliphatic rings. The minimum Gasteiger partial charge on any atom is -0.324 e. The van der Waals surface area contributed by atoms with Gasteiger partial charge in [0.05, 0.1) is 15.2 Å². The Hall–Kier alpha value is -1.42. The zero-order chi connectivity index (χ0) is 14.1. The second-order valence-corrected chi connectivity index (χ2v) is 6.50. The van der Waals surface area contributed by atoms with Crippen molar-refractivity contribution in [2.75, 3.05) is 0 Å². The van der Waals surface area contributed by atoms with Crippen LogP contribution in [0.15, 0.2) is 42.5 Å². The second kappa shape index (κ2) is 5.52. The van der Waals surface area contributed by atoms with Crippen LogP contribution in [-0.4, -0.2) is 4.98 Å². The van der Waals surface area contributed by atoms with E-state index in [-0.39, 0.29) is 6.04 Å². The molecule has 20 heavy (non-hydrogen) atoms. The Morgan fingerprint density at radius 2 is 2.05 bits per heavy atom. The third-order valence-corrected chi connectivity index (χ3v) is 4.50. The predicted octanol–water partition coefficient (Wildman–Crippen LogP) is 4.50. The lowest BCUT2D eigenvalue weighted by atomic mass is 10.0. The maximum absolute atomic E-state index is 6.29. The van der Waals surface area contributed by atoms with Gasteiger partial charge in [0, 0.05) is 17.5 Å². The smallest absolute Gasteiger partial charge is 0.0957 e. The lowest BCUT2D eigenvalue weighted by molar-refractivity contribution is 0.718. The first-order valence-corrected chi connectivity index (χ1v) is 7.68. The summed E-state index contributed by atoms with van der Waals surface area (Å²) in [4.78, 5) is 4.63. The van der Waals surface area contributed by atoms with Gasteiger partial charge < -0.3 is 5.73 Å². The van der Waals surface area contributed by atoms with Crippen molar-refractivity contribution in [3.63, 3.8) is 0 Å². The Morgan fingerprint density at radius 1 is 1.25 bits per heavy atom. The van der Waals surface area contributed by atoms with Crippen molar-refractivity contribution in [1.82, 2.24) is 4.98 Å². The molecule has 3 rings (SSSR count). The van der Waals surface area contributed by atoms with Crippen molar-refractivity contribution in [2.45, 2.75) is 19.4 Å². The third-order valence-electron chi connectivity index (χ3n) is 3.23. The maximum atomic E-state index is 6.29. The maximum Gasteiger partial charge on any atom is 0.0957 e. The molecule has 1 atom stereocenters. The topological polar surface area (TPSA) is 38.9 Å². The van der Waals surface area contributed by atoms with Crippen LogP contribution in [0.2, 0.25) is 5.02 Å². The number of halogens is 1. The number of para-hydroxylation sites is 1. The predicted molar refractivity (Wildman–Crippen MR) is 86.4 cm³/mol. The Morgan fingerprint density at radius 3 is 2.80 bits per heavy atom. The quantitative estimate of drug-likeness (QED) is 0.773. The molecule has 0 fully saturated rings. The summed E-state index contributed by atoms with van der Waals surface area (Å²) < 4.78 is 1.21. The summed E-state index contributed by atoms with van der Waals surface area (Å²) in [5.74, 6) is 0. The number of aryl methyl sites for hydroxylation is 1. The summed E-state index contributed by atoms with van der Waals surface area (Å²) in [6.07, 6.45) is 0.735. The van der Waals surface area contributed by atoms with Gasteiger partial charge in [-0.3, -0.25) is 0 Å². The lowest BCUT2D eigenvalue weighted by Crippen LogP contribution is -2.13. The standard InChI is InChI=1S/C16H15ClN2S/c1-10-6-11(8-12(17)7-10)13(18)9-16-19-14-4-2-3-5-15(14)20-16/h2-8,13H,9,18H2,1H3. The second-order valence-electron chi connectivity index (χ2n) is 4.95. The molecule has 1 aromatic heterocycles. The third kappa shape index (κ3) is 2.85. The van der Waals surface area contributed by atoms with Crippen LogP contribution < -0.4 is 5.73 Å². The highest BCUT2D eigenvalue weighted by molar-refractivity contribution is 7.18. The molecule has 0 bridgehead atoms. The molecular formula is C16H15ClN2S. The van der Waals surface area contributed by atoms with E-state index in [2.05, 4.69) is 17.1 Å². The van der Waals surface area contributed by atoms with Gasteiger partial charge in [0.25, 0.3) is 0 Å². The molecule has 0 amide bonds. The molecular weight excluding hydrogens is 288 g/mol. The van der Waals surface area contributed by atoms with E-state index in [0.29, 0.717) is 0 Å². The van der Waals surface area contributed by atoms with Crippen LogP contribution in [0.3, 0.4) is 0 Å². The first kappa shape index (κ1) is 13.6. The van der Waals surface area contributed by atoms with Gasteiger partial charge in [-0.05, 0) is 42.3 Å². The van der Waals surface area contributed by atoms with E-state index in [1.165, 1.54) is 4.70 Å². The van der Waals surface area contributed by atoms with Gasteiger partial charge in [-0.25, -0.2) is 4.98 Å². The molecule has 4 heteroatoms. The van der Waals surface area contributed by atoms with Crippen molar-refractivity contribution in [3.05, 3.63) is 63.6 Å². The number of benzene rings is 2. The normalized spacial score (nSPS) is 12.8. The van der Waals surface area contributed by atoms with Crippen molar-refractivity contribution in [3.8, 4) is 0 Å². The van der Waals surface area contributed by atoms with Crippen LogP contribution in [0.1, 0.15) is 22.2 Å². The molecule has 3 aromatic rings. The van der Waals surface area contributed by atoms with Crippen molar-refractivity contribution >= 4 is 33.2 Å². The summed E-state index contributed by atoms with van der Waals surface area (Å²) in [6.45, 7) is 2.03. The van der Waals surface area contributed by atoms with Crippen LogP contribution in [0.5, 0.6) is 0 Å². The minimum absolute atomic E-state index is 0.0760. The average Bonchev–Trinajstić information content (AvgIpc) is 2.79. The van der Waals surface area contributed by atoms with Gasteiger partial charge in [-0.1, -0.05) is 29.8 Å². The summed E-state index contributed by atoms with van der Waals surface area (Å²) in [5.41, 5.74) is 9.53. The number of fused-ring (bicyclic) bond motifs is 1. The summed E-state index contributed by atoms with van der Waals surface area (Å²) >= 11 is 7.80. The van der Waals surface area contributed by atoms with E-state index in [1.807, 2.05) is 37.3 Å². The summed E-state index contributed by atoms with van der Waals surface area (Å²) in [5, 5.41) is 1.80. The highest BCUT2D eigenvalue weighted by Gasteiger charge is 2.12. The van der Waals surface area contributed by atoms with Crippen molar-refractivity contribution in [1.29, 1.82) is 0 Å². The zero-order valence-corrected chi connectivity index (χ0v) is 12.7. The van der Waals surface area contributed by atoms with Crippen LogP contribution >= 0.6 is 22.9 Å².